The van der Waals surface area contributed by atoms with Crippen molar-refractivity contribution >= 4 is 0 Å². The van der Waals surface area contributed by atoms with E-state index in [1.807, 2.05) is 26.2 Å². The summed E-state index contributed by atoms with van der Waals surface area (Å²) < 4.78 is 15.9. The first-order chi connectivity index (χ1) is 8.81. The summed E-state index contributed by atoms with van der Waals surface area (Å²) in [6, 6.07) is 2.09. The molecule has 1 heterocycles. The fraction of sp³-hybridized carbons (Fsp3) is 0.615. The third-order valence-corrected chi connectivity index (χ3v) is 2.51. The molecule has 0 saturated carbocycles. The van der Waals surface area contributed by atoms with Crippen LogP contribution in [0.5, 0.6) is 5.75 Å². The third-order valence-electron chi connectivity index (χ3n) is 2.51. The molecule has 0 aliphatic heterocycles. The van der Waals surface area contributed by atoms with Crippen LogP contribution in [0.2, 0.25) is 0 Å². The average Bonchev–Trinajstić information content (AvgIpc) is 2.40. The van der Waals surface area contributed by atoms with E-state index in [1.54, 1.807) is 13.3 Å². The second-order valence-electron chi connectivity index (χ2n) is 3.80. The summed E-state index contributed by atoms with van der Waals surface area (Å²) in [5.74, 6) is 0.784. The van der Waals surface area contributed by atoms with Gasteiger partial charge in [0.1, 0.15) is 5.75 Å². The summed E-state index contributed by atoms with van der Waals surface area (Å²) in [7, 11) is 3.56. The molecule has 102 valence electrons. The third kappa shape index (κ3) is 5.00. The van der Waals surface area contributed by atoms with Gasteiger partial charge in [-0.1, -0.05) is 0 Å². The van der Waals surface area contributed by atoms with Gasteiger partial charge in [-0.15, -0.1) is 0 Å². The Hall–Kier alpha value is -1.17. The molecule has 5 heteroatoms. The molecule has 1 rings (SSSR count). The van der Waals surface area contributed by atoms with Gasteiger partial charge in [-0.05, 0) is 25.6 Å². The van der Waals surface area contributed by atoms with E-state index in [0.717, 1.165) is 11.3 Å². The number of rotatable bonds is 9. The molecular formula is C13H22N2O3. The van der Waals surface area contributed by atoms with Crippen molar-refractivity contribution in [3.05, 3.63) is 24.0 Å². The summed E-state index contributed by atoms with van der Waals surface area (Å²) >= 11 is 0. The van der Waals surface area contributed by atoms with Crippen LogP contribution >= 0.6 is 0 Å². The van der Waals surface area contributed by atoms with E-state index in [1.165, 1.54) is 0 Å². The fourth-order valence-corrected chi connectivity index (χ4v) is 1.56. The Labute approximate surface area is 108 Å². The van der Waals surface area contributed by atoms with E-state index in [-0.39, 0.29) is 6.04 Å². The lowest BCUT2D eigenvalue weighted by Gasteiger charge is -2.17. The van der Waals surface area contributed by atoms with E-state index in [9.17, 15) is 0 Å². The first-order valence-corrected chi connectivity index (χ1v) is 6.13. The predicted molar refractivity (Wildman–Crippen MR) is 69.9 cm³/mol. The number of methoxy groups -OCH3 is 1. The zero-order valence-corrected chi connectivity index (χ0v) is 11.3. The molecule has 1 atom stereocenters. The van der Waals surface area contributed by atoms with Crippen molar-refractivity contribution in [2.45, 2.75) is 13.0 Å². The Morgan fingerprint density at radius 3 is 2.83 bits per heavy atom. The standard InChI is InChI=1S/C13H22N2O3/c1-4-18-12-7-11(8-15-9-12)13(14-2)10-17-6-5-16-3/h7-9,13-14H,4-6,10H2,1-3H3. The lowest BCUT2D eigenvalue weighted by atomic mass is 10.1. The van der Waals surface area contributed by atoms with Crippen molar-refractivity contribution in [1.82, 2.24) is 10.3 Å². The predicted octanol–water partition coefficient (Wildman–Crippen LogP) is 1.40. The minimum Gasteiger partial charge on any atom is -0.492 e. The molecule has 0 bridgehead atoms. The van der Waals surface area contributed by atoms with Gasteiger partial charge in [-0.25, -0.2) is 0 Å². The second kappa shape index (κ2) is 8.85. The van der Waals surface area contributed by atoms with E-state index in [4.69, 9.17) is 14.2 Å². The van der Waals surface area contributed by atoms with Crippen molar-refractivity contribution in [3.8, 4) is 5.75 Å². The van der Waals surface area contributed by atoms with Crippen molar-refractivity contribution in [2.75, 3.05) is 40.6 Å². The largest absolute Gasteiger partial charge is 0.492 e. The van der Waals surface area contributed by atoms with Gasteiger partial charge >= 0.3 is 0 Å². The number of hydrogen-bond donors (Lipinski definition) is 1. The number of aromatic nitrogens is 1. The molecule has 0 radical (unpaired) electrons. The van der Waals surface area contributed by atoms with Gasteiger partial charge in [0.15, 0.2) is 0 Å². The van der Waals surface area contributed by atoms with E-state index in [0.29, 0.717) is 26.4 Å². The van der Waals surface area contributed by atoms with Gasteiger partial charge in [-0.3, -0.25) is 4.98 Å². The van der Waals surface area contributed by atoms with Crippen LogP contribution in [0.3, 0.4) is 0 Å². The highest BCUT2D eigenvalue weighted by atomic mass is 16.5. The number of ether oxygens (including phenoxy) is 3. The number of nitrogens with one attached hydrogen (secondary N) is 1. The monoisotopic (exact) mass is 254 g/mol. The van der Waals surface area contributed by atoms with Crippen molar-refractivity contribution in [1.29, 1.82) is 0 Å². The van der Waals surface area contributed by atoms with Crippen LogP contribution in [0, 0.1) is 0 Å². The molecular weight excluding hydrogens is 232 g/mol. The molecule has 0 fully saturated rings. The van der Waals surface area contributed by atoms with Crippen molar-refractivity contribution in [2.24, 2.45) is 0 Å². The number of nitrogens with zero attached hydrogens (tertiary/aromatic N) is 1. The quantitative estimate of drug-likeness (QED) is 0.675. The topological polar surface area (TPSA) is 52.6 Å². The first-order valence-electron chi connectivity index (χ1n) is 6.13. The number of likely N-dealkylation sites (N-methyl/N-ethyl adjacent to an activating group) is 1. The van der Waals surface area contributed by atoms with Crippen LogP contribution in [0.25, 0.3) is 0 Å². The van der Waals surface area contributed by atoms with Crippen LogP contribution in [0.15, 0.2) is 18.5 Å². The molecule has 0 amide bonds. The minimum atomic E-state index is 0.106. The Balaban J connectivity index is 2.54. The van der Waals surface area contributed by atoms with E-state index < -0.39 is 0 Å². The molecule has 1 aromatic rings. The molecule has 0 aliphatic carbocycles. The normalized spacial score (nSPS) is 12.4. The zero-order valence-electron chi connectivity index (χ0n) is 11.3. The Morgan fingerprint density at radius 1 is 1.33 bits per heavy atom. The van der Waals surface area contributed by atoms with Gasteiger partial charge in [0.2, 0.25) is 0 Å². The van der Waals surface area contributed by atoms with Crippen molar-refractivity contribution in [3.63, 3.8) is 0 Å². The average molecular weight is 254 g/mol. The van der Waals surface area contributed by atoms with Crippen LogP contribution < -0.4 is 10.1 Å². The highest BCUT2D eigenvalue weighted by Gasteiger charge is 2.10. The number of pyridine rings is 1. The summed E-state index contributed by atoms with van der Waals surface area (Å²) in [5, 5.41) is 3.20. The lowest BCUT2D eigenvalue weighted by Crippen LogP contribution is -2.23. The Kier molecular flexibility index (Phi) is 7.32. The highest BCUT2D eigenvalue weighted by molar-refractivity contribution is 5.26. The summed E-state index contributed by atoms with van der Waals surface area (Å²) in [5.41, 5.74) is 1.06. The van der Waals surface area contributed by atoms with E-state index >= 15 is 0 Å². The maximum Gasteiger partial charge on any atom is 0.137 e. The molecule has 1 N–H and O–H groups in total. The summed E-state index contributed by atoms with van der Waals surface area (Å²) in [6.45, 7) is 4.37. The molecule has 1 unspecified atom stereocenters. The Morgan fingerprint density at radius 2 is 2.17 bits per heavy atom. The molecule has 0 aliphatic rings. The fourth-order valence-electron chi connectivity index (χ4n) is 1.56. The maximum atomic E-state index is 5.53. The molecule has 0 aromatic carbocycles. The zero-order chi connectivity index (χ0) is 13.2. The van der Waals surface area contributed by atoms with Gasteiger partial charge in [0, 0.05) is 13.3 Å². The lowest BCUT2D eigenvalue weighted by molar-refractivity contribution is 0.0595. The van der Waals surface area contributed by atoms with Crippen LogP contribution in [-0.2, 0) is 9.47 Å². The molecule has 0 saturated heterocycles. The van der Waals surface area contributed by atoms with Gasteiger partial charge < -0.3 is 19.5 Å². The van der Waals surface area contributed by atoms with Crippen LogP contribution in [-0.4, -0.2) is 45.6 Å². The number of hydrogen-bond acceptors (Lipinski definition) is 5. The van der Waals surface area contributed by atoms with Gasteiger partial charge in [0.25, 0.3) is 0 Å². The summed E-state index contributed by atoms with van der Waals surface area (Å²) in [6.07, 6.45) is 3.54. The molecule has 1 aromatic heterocycles. The minimum absolute atomic E-state index is 0.106. The van der Waals surface area contributed by atoms with E-state index in [2.05, 4.69) is 10.3 Å². The highest BCUT2D eigenvalue weighted by Crippen LogP contribution is 2.17. The molecule has 5 nitrogen and oxygen atoms in total. The van der Waals surface area contributed by atoms with Crippen LogP contribution in [0.4, 0.5) is 0 Å². The second-order valence-corrected chi connectivity index (χ2v) is 3.80. The summed E-state index contributed by atoms with van der Waals surface area (Å²) in [4.78, 5) is 4.17. The van der Waals surface area contributed by atoms with Gasteiger partial charge in [0.05, 0.1) is 38.7 Å². The smallest absolute Gasteiger partial charge is 0.137 e. The first kappa shape index (κ1) is 14.9. The molecule has 0 spiro atoms. The van der Waals surface area contributed by atoms with Crippen molar-refractivity contribution < 1.29 is 14.2 Å². The maximum absolute atomic E-state index is 5.53. The Bertz CT molecular complexity index is 334. The van der Waals surface area contributed by atoms with Gasteiger partial charge in [-0.2, -0.15) is 0 Å². The van der Waals surface area contributed by atoms with Crippen LogP contribution in [0.1, 0.15) is 18.5 Å². The molecule has 18 heavy (non-hydrogen) atoms. The SMILES string of the molecule is CCOc1cncc(C(COCCOC)NC)c1.